The summed E-state index contributed by atoms with van der Waals surface area (Å²) in [5.41, 5.74) is 0.255. The van der Waals surface area contributed by atoms with Gasteiger partial charge in [-0.25, -0.2) is 8.78 Å². The van der Waals surface area contributed by atoms with Crippen LogP contribution in [0.4, 0.5) is 14.5 Å². The van der Waals surface area contributed by atoms with Gasteiger partial charge in [-0.3, -0.25) is 4.79 Å². The summed E-state index contributed by atoms with van der Waals surface area (Å²) >= 11 is 2.97. The fourth-order valence-electron chi connectivity index (χ4n) is 1.46. The minimum atomic E-state index is -0.851. The number of phenolic OH excluding ortho intramolecular Hbond substituents is 1. The van der Waals surface area contributed by atoms with E-state index in [-0.39, 0.29) is 15.7 Å². The molecule has 0 saturated carbocycles. The molecule has 0 unspecified atom stereocenters. The van der Waals surface area contributed by atoms with Crippen LogP contribution >= 0.6 is 15.9 Å². The highest BCUT2D eigenvalue weighted by molar-refractivity contribution is 9.10. The summed E-state index contributed by atoms with van der Waals surface area (Å²) < 4.78 is 26.4. The first-order chi connectivity index (χ1) is 8.99. The summed E-state index contributed by atoms with van der Waals surface area (Å²) in [7, 11) is 0. The highest BCUT2D eigenvalue weighted by atomic mass is 79.9. The van der Waals surface area contributed by atoms with Crippen molar-refractivity contribution in [2.24, 2.45) is 0 Å². The molecule has 0 aliphatic carbocycles. The van der Waals surface area contributed by atoms with E-state index in [2.05, 4.69) is 21.2 Å². The third-order valence-electron chi connectivity index (χ3n) is 2.40. The Bertz CT molecular complexity index is 647. The van der Waals surface area contributed by atoms with E-state index in [4.69, 9.17) is 5.11 Å². The van der Waals surface area contributed by atoms with Crippen LogP contribution in [0.15, 0.2) is 40.9 Å². The van der Waals surface area contributed by atoms with Crippen LogP contribution in [0.1, 0.15) is 10.4 Å². The average Bonchev–Trinajstić information content (AvgIpc) is 2.37. The molecule has 19 heavy (non-hydrogen) atoms. The molecule has 2 aromatic carbocycles. The molecule has 0 spiro atoms. The molecule has 2 N–H and O–H groups in total. The van der Waals surface area contributed by atoms with Gasteiger partial charge in [-0.15, -0.1) is 0 Å². The Labute approximate surface area is 116 Å². The third kappa shape index (κ3) is 2.90. The van der Waals surface area contributed by atoms with Gasteiger partial charge in [0.15, 0.2) is 11.6 Å². The van der Waals surface area contributed by atoms with Gasteiger partial charge in [-0.05, 0) is 40.2 Å². The molecule has 0 aliphatic rings. The van der Waals surface area contributed by atoms with Crippen molar-refractivity contribution < 1.29 is 18.7 Å². The van der Waals surface area contributed by atoms with Gasteiger partial charge in [0, 0.05) is 11.8 Å². The zero-order valence-electron chi connectivity index (χ0n) is 9.45. The van der Waals surface area contributed by atoms with Crippen molar-refractivity contribution in [3.05, 3.63) is 58.1 Å². The Morgan fingerprint density at radius 3 is 2.58 bits per heavy atom. The minimum Gasteiger partial charge on any atom is -0.505 e. The molecular weight excluding hydrogens is 320 g/mol. The number of hydrogen-bond acceptors (Lipinski definition) is 2. The molecule has 1 amide bonds. The molecule has 0 aromatic heterocycles. The van der Waals surface area contributed by atoms with Crippen molar-refractivity contribution >= 4 is 27.5 Å². The number of carbonyl (C=O) groups excluding carboxylic acids is 1. The van der Waals surface area contributed by atoms with Gasteiger partial charge in [0.05, 0.1) is 10.0 Å². The first kappa shape index (κ1) is 13.5. The van der Waals surface area contributed by atoms with Gasteiger partial charge in [0.1, 0.15) is 5.82 Å². The van der Waals surface area contributed by atoms with Gasteiger partial charge in [0.2, 0.25) is 0 Å². The zero-order valence-corrected chi connectivity index (χ0v) is 11.0. The van der Waals surface area contributed by atoms with Gasteiger partial charge < -0.3 is 10.4 Å². The molecule has 0 aliphatic heterocycles. The number of rotatable bonds is 2. The van der Waals surface area contributed by atoms with Crippen molar-refractivity contribution in [3.63, 3.8) is 0 Å². The molecule has 98 valence electrons. The summed E-state index contributed by atoms with van der Waals surface area (Å²) in [4.78, 5) is 11.9. The maximum atomic E-state index is 13.3. The lowest BCUT2D eigenvalue weighted by Gasteiger charge is -2.07. The number of phenols is 1. The number of aromatic hydroxyl groups is 1. The van der Waals surface area contributed by atoms with Crippen LogP contribution in [-0.2, 0) is 0 Å². The standard InChI is InChI=1S/C13H8BrF2NO2/c14-12-8(2-1-3-9(12)15)13(19)17-7-4-5-11(18)10(16)6-7/h1-6,18H,(H,17,19). The van der Waals surface area contributed by atoms with Crippen molar-refractivity contribution in [2.45, 2.75) is 0 Å². The number of anilines is 1. The van der Waals surface area contributed by atoms with Crippen molar-refractivity contribution in [2.75, 3.05) is 5.32 Å². The van der Waals surface area contributed by atoms with Crippen LogP contribution in [0.3, 0.4) is 0 Å². The second kappa shape index (κ2) is 5.36. The molecule has 0 fully saturated rings. The molecule has 2 rings (SSSR count). The lowest BCUT2D eigenvalue weighted by Crippen LogP contribution is -2.13. The predicted octanol–water partition coefficient (Wildman–Crippen LogP) is 3.69. The van der Waals surface area contributed by atoms with E-state index in [1.54, 1.807) is 0 Å². The summed E-state index contributed by atoms with van der Waals surface area (Å²) in [5.74, 6) is -2.51. The third-order valence-corrected chi connectivity index (χ3v) is 3.21. The van der Waals surface area contributed by atoms with Crippen LogP contribution in [0, 0.1) is 11.6 Å². The van der Waals surface area contributed by atoms with Crippen LogP contribution in [-0.4, -0.2) is 11.0 Å². The van der Waals surface area contributed by atoms with Crippen molar-refractivity contribution in [1.82, 2.24) is 0 Å². The summed E-state index contributed by atoms with van der Waals surface area (Å²) in [6.45, 7) is 0. The highest BCUT2D eigenvalue weighted by Crippen LogP contribution is 2.23. The van der Waals surface area contributed by atoms with E-state index >= 15 is 0 Å². The van der Waals surface area contributed by atoms with Gasteiger partial charge in [-0.1, -0.05) is 6.07 Å². The van der Waals surface area contributed by atoms with Gasteiger partial charge in [0.25, 0.3) is 5.91 Å². The number of hydrogen-bond donors (Lipinski definition) is 2. The predicted molar refractivity (Wildman–Crippen MR) is 70.1 cm³/mol. The second-order valence-electron chi connectivity index (χ2n) is 3.72. The van der Waals surface area contributed by atoms with Crippen LogP contribution in [0.5, 0.6) is 5.75 Å². The fraction of sp³-hybridized carbons (Fsp3) is 0. The van der Waals surface area contributed by atoms with Crippen molar-refractivity contribution in [1.29, 1.82) is 0 Å². The first-order valence-electron chi connectivity index (χ1n) is 5.23. The van der Waals surface area contributed by atoms with E-state index in [1.807, 2.05) is 0 Å². The van der Waals surface area contributed by atoms with Gasteiger partial charge >= 0.3 is 0 Å². The maximum absolute atomic E-state index is 13.3. The molecule has 3 nitrogen and oxygen atoms in total. The molecule has 0 saturated heterocycles. The molecular formula is C13H8BrF2NO2. The Balaban J connectivity index is 2.26. The Hall–Kier alpha value is -1.95. The zero-order chi connectivity index (χ0) is 14.0. The normalized spacial score (nSPS) is 10.3. The summed E-state index contributed by atoms with van der Waals surface area (Å²) in [6.07, 6.45) is 0. The maximum Gasteiger partial charge on any atom is 0.256 e. The second-order valence-corrected chi connectivity index (χ2v) is 4.51. The van der Waals surface area contributed by atoms with E-state index in [0.29, 0.717) is 0 Å². The summed E-state index contributed by atoms with van der Waals surface area (Å²) in [6, 6.07) is 7.46. The van der Waals surface area contributed by atoms with E-state index in [1.165, 1.54) is 24.3 Å². The Morgan fingerprint density at radius 1 is 1.16 bits per heavy atom. The Morgan fingerprint density at radius 2 is 1.89 bits per heavy atom. The SMILES string of the molecule is O=C(Nc1ccc(O)c(F)c1)c1cccc(F)c1Br. The van der Waals surface area contributed by atoms with Crippen LogP contribution < -0.4 is 5.32 Å². The lowest BCUT2D eigenvalue weighted by molar-refractivity contribution is 0.102. The monoisotopic (exact) mass is 327 g/mol. The molecule has 0 atom stereocenters. The van der Waals surface area contributed by atoms with Gasteiger partial charge in [-0.2, -0.15) is 0 Å². The smallest absolute Gasteiger partial charge is 0.256 e. The van der Waals surface area contributed by atoms with Crippen LogP contribution in [0.2, 0.25) is 0 Å². The number of nitrogens with one attached hydrogen (secondary N) is 1. The Kier molecular flexibility index (Phi) is 3.80. The first-order valence-corrected chi connectivity index (χ1v) is 6.02. The molecule has 0 bridgehead atoms. The molecule has 0 heterocycles. The molecule has 2 aromatic rings. The molecule has 6 heteroatoms. The average molecular weight is 328 g/mol. The van der Waals surface area contributed by atoms with E-state index in [0.717, 1.165) is 12.1 Å². The minimum absolute atomic E-state index is 0.0340. The van der Waals surface area contributed by atoms with Crippen LogP contribution in [0.25, 0.3) is 0 Å². The topological polar surface area (TPSA) is 49.3 Å². The summed E-state index contributed by atoms with van der Waals surface area (Å²) in [5, 5.41) is 11.4. The number of carbonyl (C=O) groups is 1. The fourth-order valence-corrected chi connectivity index (χ4v) is 1.91. The number of benzene rings is 2. The van der Waals surface area contributed by atoms with Crippen molar-refractivity contribution in [3.8, 4) is 5.75 Å². The highest BCUT2D eigenvalue weighted by Gasteiger charge is 2.13. The number of amides is 1. The number of halogens is 3. The molecule has 0 radical (unpaired) electrons. The lowest BCUT2D eigenvalue weighted by atomic mass is 10.2. The van der Waals surface area contributed by atoms with E-state index in [9.17, 15) is 13.6 Å². The quantitative estimate of drug-likeness (QED) is 0.826. The van der Waals surface area contributed by atoms with E-state index < -0.39 is 23.3 Å². The largest absolute Gasteiger partial charge is 0.505 e.